The average molecular weight is 903 g/mol. The molecule has 1 atom stereocenters. The molecule has 5 rings (SSSR count). The Balaban J connectivity index is 1.14. The number of ether oxygens (including phenoxy) is 1. The summed E-state index contributed by atoms with van der Waals surface area (Å²) in [6.45, 7) is 2.25. The van der Waals surface area contributed by atoms with Gasteiger partial charge in [0.1, 0.15) is 27.8 Å². The second-order valence-corrected chi connectivity index (χ2v) is 17.1. The van der Waals surface area contributed by atoms with E-state index in [0.29, 0.717) is 23.5 Å². The first-order chi connectivity index (χ1) is 30.4. The highest BCUT2D eigenvalue weighted by Gasteiger charge is 2.39. The zero-order chi connectivity index (χ0) is 45.0. The number of carbonyl (C=O) groups is 3. The number of amidine groups is 1. The van der Waals surface area contributed by atoms with Gasteiger partial charge in [0.05, 0.1) is 10.7 Å². The van der Waals surface area contributed by atoms with E-state index in [-0.39, 0.29) is 39.6 Å². The van der Waals surface area contributed by atoms with Crippen LogP contribution in [-0.2, 0) is 19.7 Å². The Kier molecular flexibility index (Phi) is 18.9. The number of benzene rings is 4. The largest absolute Gasteiger partial charge is 0.508 e. The molecule has 15 nitrogen and oxygen atoms in total. The predicted octanol–water partition coefficient (Wildman–Crippen LogP) is 11.9. The molecule has 0 aliphatic carbocycles. The van der Waals surface area contributed by atoms with Crippen molar-refractivity contribution in [1.29, 1.82) is 0 Å². The Morgan fingerprint density at radius 2 is 1.35 bits per heavy atom. The van der Waals surface area contributed by atoms with Gasteiger partial charge in [0.15, 0.2) is 5.84 Å². The minimum Gasteiger partial charge on any atom is -0.508 e. The third-order valence-corrected chi connectivity index (χ3v) is 11.4. The molecular weight excluding hydrogens is 846 g/mol. The minimum atomic E-state index is -4.87. The standard InChI is InChI=1S/C46H56ClN7O8S/c1-2-3-4-5-6-7-8-9-10-11-12-13-14-15-19-22-42(56)48-33-23-25-34(26-24-33)49-46(58)50-44-43(52-51-39-29-28-36(55)32-38(39)47)45(57)54(53-44)35-27-30-40(41(31-35)63(59,60)61)62-37-20-17-16-18-21-37/h16-18,20-21,23-32,43,55H,2-15,19,22H2,1H3,(H,48,56)(H,59,60,61)(H2,49,50,53,58)/t43-/m0/s1. The van der Waals surface area contributed by atoms with Gasteiger partial charge in [-0.1, -0.05) is 127 Å². The molecule has 0 unspecified atom stereocenters. The molecule has 0 spiro atoms. The number of azo groups is 1. The lowest BCUT2D eigenvalue weighted by molar-refractivity contribution is -0.118. The van der Waals surface area contributed by atoms with E-state index in [0.717, 1.165) is 30.3 Å². The predicted molar refractivity (Wildman–Crippen MR) is 246 cm³/mol. The fourth-order valence-electron chi connectivity index (χ4n) is 6.85. The molecule has 63 heavy (non-hydrogen) atoms. The molecule has 0 aromatic heterocycles. The average Bonchev–Trinajstić information content (AvgIpc) is 3.56. The molecular formula is C46H56ClN7O8S. The quantitative estimate of drug-likeness (QED) is 0.0259. The van der Waals surface area contributed by atoms with Crippen LogP contribution in [-0.4, -0.2) is 47.8 Å². The van der Waals surface area contributed by atoms with E-state index in [4.69, 9.17) is 16.3 Å². The van der Waals surface area contributed by atoms with Gasteiger partial charge in [0, 0.05) is 23.9 Å². The van der Waals surface area contributed by atoms with Crippen LogP contribution in [0.1, 0.15) is 110 Å². The number of amides is 4. The molecule has 336 valence electrons. The van der Waals surface area contributed by atoms with Gasteiger partial charge in [-0.15, -0.1) is 5.10 Å². The van der Waals surface area contributed by atoms with E-state index >= 15 is 0 Å². The van der Waals surface area contributed by atoms with E-state index in [1.165, 1.54) is 107 Å². The Morgan fingerprint density at radius 3 is 1.94 bits per heavy atom. The second-order valence-electron chi connectivity index (χ2n) is 15.3. The summed E-state index contributed by atoms with van der Waals surface area (Å²) in [5, 5.41) is 31.0. The smallest absolute Gasteiger partial charge is 0.324 e. The Hall–Kier alpha value is -5.84. The van der Waals surface area contributed by atoms with Gasteiger partial charge in [-0.3, -0.25) is 19.5 Å². The topological polar surface area (TPSA) is 211 Å². The number of hydrogen-bond acceptors (Lipinski definition) is 10. The monoisotopic (exact) mass is 901 g/mol. The van der Waals surface area contributed by atoms with Crippen molar-refractivity contribution >= 4 is 68.1 Å². The van der Waals surface area contributed by atoms with Crippen LogP contribution in [0, 0.1) is 0 Å². The van der Waals surface area contributed by atoms with Crippen molar-refractivity contribution in [3.05, 3.63) is 96.0 Å². The van der Waals surface area contributed by atoms with E-state index in [1.807, 2.05) is 0 Å². The van der Waals surface area contributed by atoms with Crippen LogP contribution in [0.3, 0.4) is 0 Å². The maximum absolute atomic E-state index is 13.8. The van der Waals surface area contributed by atoms with Crippen molar-refractivity contribution in [3.8, 4) is 17.2 Å². The first-order valence-electron chi connectivity index (χ1n) is 21.6. The van der Waals surface area contributed by atoms with E-state index < -0.39 is 33.0 Å². The number of halogens is 1. The van der Waals surface area contributed by atoms with Gasteiger partial charge in [-0.05, 0) is 73.2 Å². The summed E-state index contributed by atoms with van der Waals surface area (Å²) in [6, 6.07) is 19.9. The SMILES string of the molecule is CCCCCCCCCCCCCCCCCC(=O)Nc1ccc(NC(=O)NC2=NN(c3ccc(Oc4ccccc4)c(S(=O)(=O)O)c3)C(=O)[C@H]2N=Nc2ccc(O)cc2Cl)cc1. The molecule has 4 aromatic rings. The van der Waals surface area contributed by atoms with Crippen LogP contribution < -0.4 is 25.7 Å². The summed E-state index contributed by atoms with van der Waals surface area (Å²) in [5.74, 6) is -1.26. The highest BCUT2D eigenvalue weighted by atomic mass is 35.5. The number of aromatic hydroxyl groups is 1. The number of hydrazone groups is 1. The number of nitrogens with zero attached hydrogens (tertiary/aromatic N) is 4. The van der Waals surface area contributed by atoms with Gasteiger partial charge in [0.25, 0.3) is 16.0 Å². The number of rotatable bonds is 24. The van der Waals surface area contributed by atoms with Crippen LogP contribution in [0.2, 0.25) is 5.02 Å². The minimum absolute atomic E-state index is 0.0294. The lowest BCUT2D eigenvalue weighted by atomic mass is 10.0. The van der Waals surface area contributed by atoms with Crippen LogP contribution in [0.5, 0.6) is 17.2 Å². The molecule has 4 aromatic carbocycles. The van der Waals surface area contributed by atoms with E-state index in [2.05, 4.69) is 38.2 Å². The molecule has 0 fully saturated rings. The van der Waals surface area contributed by atoms with Gasteiger partial charge in [0.2, 0.25) is 11.9 Å². The second kappa shape index (κ2) is 24.7. The van der Waals surface area contributed by atoms with Gasteiger partial charge >= 0.3 is 6.03 Å². The summed E-state index contributed by atoms with van der Waals surface area (Å²) in [7, 11) is -4.87. The Labute approximate surface area is 374 Å². The zero-order valence-electron chi connectivity index (χ0n) is 35.5. The first-order valence-corrected chi connectivity index (χ1v) is 23.4. The fraction of sp³-hybridized carbons (Fsp3) is 0.391. The van der Waals surface area contributed by atoms with Crippen LogP contribution in [0.4, 0.5) is 27.5 Å². The molecule has 1 heterocycles. The zero-order valence-corrected chi connectivity index (χ0v) is 37.0. The lowest BCUT2D eigenvalue weighted by Crippen LogP contribution is -2.41. The molecule has 5 N–H and O–H groups in total. The van der Waals surface area contributed by atoms with E-state index in [1.54, 1.807) is 54.6 Å². The van der Waals surface area contributed by atoms with Crippen molar-refractivity contribution in [2.75, 3.05) is 15.6 Å². The molecule has 0 saturated carbocycles. The fourth-order valence-corrected chi connectivity index (χ4v) is 7.70. The van der Waals surface area contributed by atoms with Crippen molar-refractivity contribution < 1.29 is 37.2 Å². The Bertz CT molecular complexity index is 2310. The summed E-state index contributed by atoms with van der Waals surface area (Å²) in [6.07, 6.45) is 19.2. The van der Waals surface area contributed by atoms with Crippen LogP contribution >= 0.6 is 11.6 Å². The van der Waals surface area contributed by atoms with Crippen LogP contribution in [0.25, 0.3) is 0 Å². The molecule has 17 heteroatoms. The number of urea groups is 1. The molecule has 0 bridgehead atoms. The van der Waals surface area contributed by atoms with Gasteiger partial charge in [-0.25, -0.2) is 4.79 Å². The van der Waals surface area contributed by atoms with Crippen LogP contribution in [0.15, 0.2) is 111 Å². The third-order valence-electron chi connectivity index (χ3n) is 10.2. The van der Waals surface area contributed by atoms with Gasteiger partial charge < -0.3 is 20.5 Å². The number of phenolic OH excluding ortho intramolecular Hbond substituents is 1. The number of unbranched alkanes of at least 4 members (excludes halogenated alkanes) is 14. The maximum atomic E-state index is 13.8. The first kappa shape index (κ1) is 48.2. The molecule has 4 amide bonds. The Morgan fingerprint density at radius 1 is 0.762 bits per heavy atom. The molecule has 1 aliphatic rings. The number of para-hydroxylation sites is 1. The number of nitrogens with one attached hydrogen (secondary N) is 3. The normalized spacial score (nSPS) is 13.9. The van der Waals surface area contributed by atoms with Crippen molar-refractivity contribution in [3.63, 3.8) is 0 Å². The van der Waals surface area contributed by atoms with Crippen molar-refractivity contribution in [1.82, 2.24) is 5.32 Å². The number of carbonyl (C=O) groups excluding carboxylic acids is 3. The maximum Gasteiger partial charge on any atom is 0.324 e. The van der Waals surface area contributed by atoms with Crippen molar-refractivity contribution in [2.45, 2.75) is 121 Å². The van der Waals surface area contributed by atoms with Crippen molar-refractivity contribution in [2.24, 2.45) is 15.3 Å². The summed E-state index contributed by atoms with van der Waals surface area (Å²) in [4.78, 5) is 39.0. The summed E-state index contributed by atoms with van der Waals surface area (Å²) in [5.41, 5.74) is 0.912. The highest BCUT2D eigenvalue weighted by Crippen LogP contribution is 2.35. The number of phenols is 1. The highest BCUT2D eigenvalue weighted by molar-refractivity contribution is 7.86. The molecule has 1 aliphatic heterocycles. The number of hydrogen-bond donors (Lipinski definition) is 5. The third kappa shape index (κ3) is 15.8. The summed E-state index contributed by atoms with van der Waals surface area (Å²) < 4.78 is 40.7. The van der Waals surface area contributed by atoms with Gasteiger partial charge in [-0.2, -0.15) is 23.7 Å². The lowest BCUT2D eigenvalue weighted by Gasteiger charge is -2.15. The summed E-state index contributed by atoms with van der Waals surface area (Å²) >= 11 is 6.20. The van der Waals surface area contributed by atoms with E-state index in [9.17, 15) is 32.5 Å². The number of anilines is 3. The molecule has 0 saturated heterocycles. The molecule has 0 radical (unpaired) electrons.